The van der Waals surface area contributed by atoms with Crippen molar-refractivity contribution in [2.75, 3.05) is 13.1 Å². The first kappa shape index (κ1) is 35.6. The molecular formula is C35H53N3O5. The highest BCUT2D eigenvalue weighted by Crippen LogP contribution is 2.28. The minimum Gasteiger partial charge on any atom is -0.508 e. The zero-order chi connectivity index (χ0) is 32.0. The van der Waals surface area contributed by atoms with Crippen LogP contribution in [0.15, 0.2) is 42.5 Å². The Bertz CT molecular complexity index is 1170. The maximum Gasteiger partial charge on any atom is 0.408 e. The first-order valence-electron chi connectivity index (χ1n) is 15.8. The first-order valence-corrected chi connectivity index (χ1v) is 15.8. The number of aromatic hydroxyl groups is 1. The van der Waals surface area contributed by atoms with Crippen LogP contribution in [0, 0.1) is 13.8 Å². The second kappa shape index (κ2) is 17.5. The molecule has 0 saturated heterocycles. The van der Waals surface area contributed by atoms with Crippen molar-refractivity contribution in [1.29, 1.82) is 0 Å². The Morgan fingerprint density at radius 1 is 0.907 bits per heavy atom. The Hall–Kier alpha value is -3.55. The van der Waals surface area contributed by atoms with Crippen LogP contribution in [0.5, 0.6) is 5.75 Å². The van der Waals surface area contributed by atoms with Crippen LogP contribution < -0.4 is 10.6 Å². The number of phenols is 1. The lowest BCUT2D eigenvalue weighted by molar-refractivity contribution is -0.142. The zero-order valence-electron chi connectivity index (χ0n) is 27.3. The number of hydrogen-bond acceptors (Lipinski definition) is 5. The summed E-state index contributed by atoms with van der Waals surface area (Å²) >= 11 is 0. The van der Waals surface area contributed by atoms with Gasteiger partial charge in [0.25, 0.3) is 0 Å². The summed E-state index contributed by atoms with van der Waals surface area (Å²) in [5.74, 6) is -0.480. The van der Waals surface area contributed by atoms with Crippen molar-refractivity contribution in [3.63, 3.8) is 0 Å². The number of carbonyl (C=O) groups excluding carboxylic acids is 3. The molecular weight excluding hydrogens is 542 g/mol. The topological polar surface area (TPSA) is 108 Å². The third-order valence-electron chi connectivity index (χ3n) is 7.26. The molecule has 2 atom stereocenters. The molecule has 0 saturated carbocycles. The van der Waals surface area contributed by atoms with Crippen molar-refractivity contribution >= 4 is 17.9 Å². The molecule has 0 aliphatic carbocycles. The fraction of sp³-hybridized carbons (Fsp3) is 0.571. The molecule has 8 heteroatoms. The van der Waals surface area contributed by atoms with E-state index >= 15 is 0 Å². The quantitative estimate of drug-likeness (QED) is 0.183. The standard InChI is InChI=1S/C35H53N3O5/c1-8-10-12-13-14-22-38(31(32(40)36-21-11-9-2)29-20-15-25(3)23-26(29)4)33(41)30(37-34(42)43-35(5,6)7)24-27-16-18-28(39)19-17-27/h15-20,23,30-31,39H,8-14,21-22,24H2,1-7H3,(H,36,40)(H,37,42). The van der Waals surface area contributed by atoms with Gasteiger partial charge < -0.3 is 25.4 Å². The highest BCUT2D eigenvalue weighted by molar-refractivity contribution is 5.92. The summed E-state index contributed by atoms with van der Waals surface area (Å²) < 4.78 is 5.53. The largest absolute Gasteiger partial charge is 0.508 e. The van der Waals surface area contributed by atoms with Crippen LogP contribution in [0.1, 0.15) is 108 Å². The van der Waals surface area contributed by atoms with Gasteiger partial charge in [-0.15, -0.1) is 0 Å². The maximum absolute atomic E-state index is 14.6. The lowest BCUT2D eigenvalue weighted by Crippen LogP contribution is -2.54. The van der Waals surface area contributed by atoms with Crippen molar-refractivity contribution in [3.05, 3.63) is 64.7 Å². The van der Waals surface area contributed by atoms with Crippen LogP contribution in [-0.2, 0) is 20.7 Å². The average molecular weight is 596 g/mol. The minimum atomic E-state index is -0.994. The summed E-state index contributed by atoms with van der Waals surface area (Å²) in [6.07, 6.45) is 6.14. The summed E-state index contributed by atoms with van der Waals surface area (Å²) in [6, 6.07) is 10.6. The van der Waals surface area contributed by atoms with Gasteiger partial charge in [-0.3, -0.25) is 9.59 Å². The fourth-order valence-corrected chi connectivity index (χ4v) is 5.04. The maximum atomic E-state index is 14.6. The predicted molar refractivity (Wildman–Crippen MR) is 172 cm³/mol. The van der Waals surface area contributed by atoms with E-state index in [9.17, 15) is 19.5 Å². The van der Waals surface area contributed by atoms with Gasteiger partial charge in [0.1, 0.15) is 23.4 Å². The number of ether oxygens (including phenoxy) is 1. The summed E-state index contributed by atoms with van der Waals surface area (Å²) in [6.45, 7) is 14.4. The summed E-state index contributed by atoms with van der Waals surface area (Å²) in [5, 5.41) is 15.7. The molecule has 0 aromatic heterocycles. The number of amides is 3. The van der Waals surface area contributed by atoms with Gasteiger partial charge in [0.15, 0.2) is 0 Å². The molecule has 43 heavy (non-hydrogen) atoms. The molecule has 238 valence electrons. The predicted octanol–water partition coefficient (Wildman–Crippen LogP) is 6.90. The van der Waals surface area contributed by atoms with E-state index in [-0.39, 0.29) is 24.0 Å². The van der Waals surface area contributed by atoms with E-state index in [1.54, 1.807) is 49.9 Å². The summed E-state index contributed by atoms with van der Waals surface area (Å²) in [5.41, 5.74) is 2.76. The summed E-state index contributed by atoms with van der Waals surface area (Å²) in [7, 11) is 0. The lowest BCUT2D eigenvalue weighted by atomic mass is 9.95. The van der Waals surface area contributed by atoms with Crippen LogP contribution in [0.3, 0.4) is 0 Å². The van der Waals surface area contributed by atoms with Crippen molar-refractivity contribution in [1.82, 2.24) is 15.5 Å². The normalized spacial score (nSPS) is 12.7. The molecule has 0 heterocycles. The second-order valence-electron chi connectivity index (χ2n) is 12.4. The summed E-state index contributed by atoms with van der Waals surface area (Å²) in [4.78, 5) is 43.1. The van der Waals surface area contributed by atoms with E-state index < -0.39 is 23.8 Å². The molecule has 0 fully saturated rings. The van der Waals surface area contributed by atoms with E-state index in [0.717, 1.165) is 67.2 Å². The third-order valence-corrected chi connectivity index (χ3v) is 7.26. The molecule has 3 amide bonds. The fourth-order valence-electron chi connectivity index (χ4n) is 5.04. The highest BCUT2D eigenvalue weighted by atomic mass is 16.6. The number of alkyl carbamates (subject to hydrolysis) is 1. The monoisotopic (exact) mass is 595 g/mol. The highest BCUT2D eigenvalue weighted by Gasteiger charge is 2.36. The van der Waals surface area contributed by atoms with Crippen molar-refractivity contribution in [2.45, 2.75) is 118 Å². The number of phenolic OH excluding ortho intramolecular Hbond substituents is 1. The van der Waals surface area contributed by atoms with Crippen LogP contribution in [0.25, 0.3) is 0 Å². The molecule has 2 aromatic carbocycles. The molecule has 3 N–H and O–H groups in total. The molecule has 0 bridgehead atoms. The molecule has 8 nitrogen and oxygen atoms in total. The number of carbonyl (C=O) groups is 3. The Balaban J connectivity index is 2.57. The zero-order valence-corrected chi connectivity index (χ0v) is 27.3. The van der Waals surface area contributed by atoms with Gasteiger partial charge in [-0.05, 0) is 76.3 Å². The van der Waals surface area contributed by atoms with Gasteiger partial charge in [-0.1, -0.05) is 81.8 Å². The lowest BCUT2D eigenvalue weighted by Gasteiger charge is -2.35. The van der Waals surface area contributed by atoms with Gasteiger partial charge in [0, 0.05) is 19.5 Å². The number of aryl methyl sites for hydroxylation is 2. The van der Waals surface area contributed by atoms with Crippen LogP contribution in [0.2, 0.25) is 0 Å². The number of unbranched alkanes of at least 4 members (excludes halogenated alkanes) is 5. The van der Waals surface area contributed by atoms with Gasteiger partial charge in [0.05, 0.1) is 0 Å². The molecule has 2 aromatic rings. The van der Waals surface area contributed by atoms with Crippen LogP contribution in [0.4, 0.5) is 4.79 Å². The Labute approximate surface area is 258 Å². The number of nitrogens with zero attached hydrogens (tertiary/aromatic N) is 1. The van der Waals surface area contributed by atoms with Crippen LogP contribution >= 0.6 is 0 Å². The van der Waals surface area contributed by atoms with E-state index in [2.05, 4.69) is 24.5 Å². The Morgan fingerprint density at radius 3 is 2.16 bits per heavy atom. The van der Waals surface area contributed by atoms with Gasteiger partial charge in [-0.2, -0.15) is 0 Å². The van der Waals surface area contributed by atoms with Crippen molar-refractivity contribution in [3.8, 4) is 5.75 Å². The van der Waals surface area contributed by atoms with E-state index in [1.165, 1.54) is 0 Å². The number of nitrogens with one attached hydrogen (secondary N) is 2. The van der Waals surface area contributed by atoms with E-state index in [4.69, 9.17) is 4.74 Å². The molecule has 0 aliphatic heterocycles. The molecule has 0 aliphatic rings. The first-order chi connectivity index (χ1) is 20.4. The molecule has 2 unspecified atom stereocenters. The van der Waals surface area contributed by atoms with Gasteiger partial charge in [0.2, 0.25) is 11.8 Å². The molecule has 0 spiro atoms. The van der Waals surface area contributed by atoms with Crippen molar-refractivity contribution in [2.24, 2.45) is 0 Å². The van der Waals surface area contributed by atoms with E-state index in [0.29, 0.717) is 13.1 Å². The average Bonchev–Trinajstić information content (AvgIpc) is 2.92. The van der Waals surface area contributed by atoms with Gasteiger partial charge in [-0.25, -0.2) is 4.79 Å². The second-order valence-corrected chi connectivity index (χ2v) is 12.4. The van der Waals surface area contributed by atoms with E-state index in [1.807, 2.05) is 32.0 Å². The smallest absolute Gasteiger partial charge is 0.408 e. The number of benzene rings is 2. The Kier molecular flexibility index (Phi) is 14.5. The number of hydrogen-bond donors (Lipinski definition) is 3. The Morgan fingerprint density at radius 2 is 1.56 bits per heavy atom. The molecule has 2 rings (SSSR count). The molecule has 0 radical (unpaired) electrons. The minimum absolute atomic E-state index is 0.110. The van der Waals surface area contributed by atoms with Gasteiger partial charge >= 0.3 is 6.09 Å². The third kappa shape index (κ3) is 12.3. The number of rotatable bonds is 16. The van der Waals surface area contributed by atoms with Crippen LogP contribution in [-0.4, -0.2) is 52.6 Å². The van der Waals surface area contributed by atoms with Crippen molar-refractivity contribution < 1.29 is 24.2 Å². The SMILES string of the molecule is CCCCCCCN(C(=O)C(Cc1ccc(O)cc1)NC(=O)OC(C)(C)C)C(C(=O)NCCCC)c1ccc(C)cc1C.